The van der Waals surface area contributed by atoms with Crippen LogP contribution in [-0.4, -0.2) is 29.8 Å². The summed E-state index contributed by atoms with van der Waals surface area (Å²) < 4.78 is 13.0. The maximum absolute atomic E-state index is 13.0. The van der Waals surface area contributed by atoms with E-state index in [2.05, 4.69) is 0 Å². The van der Waals surface area contributed by atoms with E-state index in [0.29, 0.717) is 30.5 Å². The minimum absolute atomic E-state index is 0.0241. The van der Waals surface area contributed by atoms with Gasteiger partial charge in [0.2, 0.25) is 0 Å². The van der Waals surface area contributed by atoms with Gasteiger partial charge in [0, 0.05) is 24.5 Å². The number of hydrogen-bond acceptors (Lipinski definition) is 1. The molecule has 1 aromatic carbocycles. The average molecular weight is 276 g/mol. The number of likely N-dealkylation sites (tertiary alicyclic amines) is 1. The smallest absolute Gasteiger partial charge is 0.253 e. The van der Waals surface area contributed by atoms with Gasteiger partial charge in [0.1, 0.15) is 5.82 Å². The number of carbonyl (C=O) groups excluding carboxylic acids is 1. The van der Waals surface area contributed by atoms with E-state index < -0.39 is 5.82 Å². The highest BCUT2D eigenvalue weighted by Crippen LogP contribution is 2.22. The molecule has 0 bridgehead atoms. The van der Waals surface area contributed by atoms with Gasteiger partial charge < -0.3 is 4.90 Å². The van der Waals surface area contributed by atoms with Gasteiger partial charge in [-0.3, -0.25) is 4.79 Å². The molecule has 2 rings (SSSR count). The molecule has 5 heteroatoms. The summed E-state index contributed by atoms with van der Waals surface area (Å²) in [5.41, 5.74) is 0.423. The Morgan fingerprint density at radius 3 is 2.88 bits per heavy atom. The van der Waals surface area contributed by atoms with Crippen molar-refractivity contribution in [3.63, 3.8) is 0 Å². The fraction of sp³-hybridized carbons (Fsp3) is 0.417. The summed E-state index contributed by atoms with van der Waals surface area (Å²) in [5.74, 6) is 0.299. The van der Waals surface area contributed by atoms with Gasteiger partial charge in [-0.1, -0.05) is 11.6 Å². The minimum Gasteiger partial charge on any atom is -0.338 e. The molecule has 1 amide bonds. The van der Waals surface area contributed by atoms with E-state index >= 15 is 0 Å². The summed E-state index contributed by atoms with van der Waals surface area (Å²) in [4.78, 5) is 13.8. The second kappa shape index (κ2) is 5.23. The highest BCUT2D eigenvalue weighted by atomic mass is 35.5. The third-order valence-corrected chi connectivity index (χ3v) is 3.68. The van der Waals surface area contributed by atoms with Crippen LogP contribution in [0.3, 0.4) is 0 Å². The highest BCUT2D eigenvalue weighted by Gasteiger charge is 2.26. The fourth-order valence-electron chi connectivity index (χ4n) is 1.95. The Balaban J connectivity index is 2.12. The van der Waals surface area contributed by atoms with Crippen molar-refractivity contribution < 1.29 is 9.18 Å². The van der Waals surface area contributed by atoms with Gasteiger partial charge in [-0.25, -0.2) is 4.39 Å². The Morgan fingerprint density at radius 2 is 2.29 bits per heavy atom. The maximum Gasteiger partial charge on any atom is 0.253 e. The van der Waals surface area contributed by atoms with Crippen LogP contribution in [0.1, 0.15) is 16.8 Å². The molecule has 0 aromatic heterocycles. The van der Waals surface area contributed by atoms with Crippen molar-refractivity contribution in [1.82, 2.24) is 4.90 Å². The van der Waals surface area contributed by atoms with Crippen molar-refractivity contribution in [2.45, 2.75) is 6.42 Å². The first-order valence-corrected chi connectivity index (χ1v) is 6.33. The predicted octanol–water partition coefficient (Wildman–Crippen LogP) is 3.18. The Bertz CT molecular complexity index is 439. The van der Waals surface area contributed by atoms with Gasteiger partial charge in [0.05, 0.1) is 5.02 Å². The van der Waals surface area contributed by atoms with Crippen molar-refractivity contribution in [2.24, 2.45) is 5.92 Å². The molecule has 1 saturated heterocycles. The molecule has 1 unspecified atom stereocenters. The number of nitrogens with zero attached hydrogens (tertiary/aromatic N) is 1. The second-order valence-electron chi connectivity index (χ2n) is 4.19. The van der Waals surface area contributed by atoms with Gasteiger partial charge in [0.15, 0.2) is 0 Å². The number of amides is 1. The van der Waals surface area contributed by atoms with Crippen molar-refractivity contribution >= 4 is 29.1 Å². The molecule has 1 heterocycles. The molecule has 1 fully saturated rings. The quantitative estimate of drug-likeness (QED) is 0.760. The third-order valence-electron chi connectivity index (χ3n) is 2.96. The van der Waals surface area contributed by atoms with Crippen LogP contribution in [-0.2, 0) is 0 Å². The van der Waals surface area contributed by atoms with Gasteiger partial charge >= 0.3 is 0 Å². The zero-order valence-corrected chi connectivity index (χ0v) is 10.6. The third kappa shape index (κ3) is 2.72. The first-order valence-electron chi connectivity index (χ1n) is 5.42. The molecule has 0 saturated carbocycles. The Labute approximate surface area is 109 Å². The number of benzene rings is 1. The van der Waals surface area contributed by atoms with Crippen LogP contribution in [0.5, 0.6) is 0 Å². The summed E-state index contributed by atoms with van der Waals surface area (Å²) in [7, 11) is 0. The van der Waals surface area contributed by atoms with Gasteiger partial charge in [-0.2, -0.15) is 0 Å². The van der Waals surface area contributed by atoms with E-state index in [1.807, 2.05) is 0 Å². The van der Waals surface area contributed by atoms with E-state index in [1.165, 1.54) is 18.2 Å². The summed E-state index contributed by atoms with van der Waals surface area (Å²) >= 11 is 11.4. The Kier molecular flexibility index (Phi) is 3.89. The molecule has 0 radical (unpaired) electrons. The number of halogens is 3. The lowest BCUT2D eigenvalue weighted by Gasteiger charge is -2.16. The molecular weight excluding hydrogens is 264 g/mol. The van der Waals surface area contributed by atoms with Crippen molar-refractivity contribution in [2.75, 3.05) is 19.0 Å². The lowest BCUT2D eigenvalue weighted by molar-refractivity contribution is 0.0788. The van der Waals surface area contributed by atoms with Crippen LogP contribution in [0.25, 0.3) is 0 Å². The summed E-state index contributed by atoms with van der Waals surface area (Å²) in [6, 6.07) is 4.04. The molecule has 1 aliphatic heterocycles. The summed E-state index contributed by atoms with van der Waals surface area (Å²) in [5, 5.41) is -0.0241. The van der Waals surface area contributed by atoms with Crippen LogP contribution < -0.4 is 0 Å². The summed E-state index contributed by atoms with van der Waals surface area (Å²) in [6.07, 6.45) is 0.921. The molecule has 92 valence electrons. The maximum atomic E-state index is 13.0. The van der Waals surface area contributed by atoms with Crippen LogP contribution in [0.15, 0.2) is 18.2 Å². The molecule has 1 atom stereocenters. The molecule has 0 N–H and O–H groups in total. The molecule has 2 nitrogen and oxygen atoms in total. The number of carbonyl (C=O) groups is 1. The number of rotatable bonds is 2. The zero-order valence-electron chi connectivity index (χ0n) is 9.13. The normalized spacial score (nSPS) is 19.7. The standard InChI is InChI=1S/C12H12Cl2FNO/c13-6-8-3-4-16(7-8)12(17)9-1-2-11(15)10(14)5-9/h1-2,5,8H,3-4,6-7H2. The van der Waals surface area contributed by atoms with E-state index in [0.717, 1.165) is 6.42 Å². The Morgan fingerprint density at radius 1 is 1.53 bits per heavy atom. The SMILES string of the molecule is O=C(c1ccc(F)c(Cl)c1)N1CCC(CCl)C1. The predicted molar refractivity (Wildman–Crippen MR) is 66.1 cm³/mol. The number of alkyl halides is 1. The lowest BCUT2D eigenvalue weighted by atomic mass is 10.1. The Hall–Kier alpha value is -0.800. The van der Waals surface area contributed by atoms with Crippen LogP contribution in [0.2, 0.25) is 5.02 Å². The van der Waals surface area contributed by atoms with Gasteiger partial charge in [-0.15, -0.1) is 11.6 Å². The van der Waals surface area contributed by atoms with E-state index in [4.69, 9.17) is 23.2 Å². The molecule has 0 spiro atoms. The highest BCUT2D eigenvalue weighted by molar-refractivity contribution is 6.31. The molecule has 1 aliphatic rings. The summed E-state index contributed by atoms with van der Waals surface area (Å²) in [6.45, 7) is 1.36. The van der Waals surface area contributed by atoms with Crippen LogP contribution in [0.4, 0.5) is 4.39 Å². The van der Waals surface area contributed by atoms with E-state index in [9.17, 15) is 9.18 Å². The van der Waals surface area contributed by atoms with E-state index in [-0.39, 0.29) is 10.9 Å². The zero-order chi connectivity index (χ0) is 12.4. The van der Waals surface area contributed by atoms with Crippen molar-refractivity contribution in [3.05, 3.63) is 34.6 Å². The molecular formula is C12H12Cl2FNO. The van der Waals surface area contributed by atoms with Crippen molar-refractivity contribution in [1.29, 1.82) is 0 Å². The number of hydrogen-bond donors (Lipinski definition) is 0. The molecule has 17 heavy (non-hydrogen) atoms. The van der Waals surface area contributed by atoms with Crippen LogP contribution in [0, 0.1) is 11.7 Å². The topological polar surface area (TPSA) is 20.3 Å². The lowest BCUT2D eigenvalue weighted by Crippen LogP contribution is -2.28. The minimum atomic E-state index is -0.511. The first kappa shape index (κ1) is 12.7. The van der Waals surface area contributed by atoms with Crippen molar-refractivity contribution in [3.8, 4) is 0 Å². The first-order chi connectivity index (χ1) is 8.11. The van der Waals surface area contributed by atoms with E-state index in [1.54, 1.807) is 4.90 Å². The van der Waals surface area contributed by atoms with Gasteiger partial charge in [-0.05, 0) is 30.5 Å². The monoisotopic (exact) mass is 275 g/mol. The van der Waals surface area contributed by atoms with Gasteiger partial charge in [0.25, 0.3) is 5.91 Å². The second-order valence-corrected chi connectivity index (χ2v) is 4.90. The fourth-order valence-corrected chi connectivity index (χ4v) is 2.39. The largest absolute Gasteiger partial charge is 0.338 e. The average Bonchev–Trinajstić information content (AvgIpc) is 2.80. The molecule has 1 aromatic rings. The van der Waals surface area contributed by atoms with Crippen LogP contribution >= 0.6 is 23.2 Å². The molecule has 0 aliphatic carbocycles.